The predicted octanol–water partition coefficient (Wildman–Crippen LogP) is 2.79. The highest BCUT2D eigenvalue weighted by Crippen LogP contribution is 2.37. The number of carbonyl (C=O) groups is 1. The molecule has 4 nitrogen and oxygen atoms in total. The summed E-state index contributed by atoms with van der Waals surface area (Å²) in [7, 11) is 0. The second-order valence-electron chi connectivity index (χ2n) is 4.99. The second kappa shape index (κ2) is 4.96. The van der Waals surface area contributed by atoms with Crippen molar-refractivity contribution < 1.29 is 23.1 Å². The fourth-order valence-electron chi connectivity index (χ4n) is 2.44. The Morgan fingerprint density at radius 2 is 2.20 bits per heavy atom. The van der Waals surface area contributed by atoms with E-state index in [4.69, 9.17) is 0 Å². The number of nitrogens with zero attached hydrogens (tertiary/aromatic N) is 2. The zero-order chi connectivity index (χ0) is 15.0. The smallest absolute Gasteiger partial charge is 0.433 e. The van der Waals surface area contributed by atoms with Crippen molar-refractivity contribution in [1.82, 2.24) is 4.98 Å². The molecule has 0 spiro atoms. The quantitative estimate of drug-likeness (QED) is 0.929. The molecule has 0 bridgehead atoms. The molecule has 1 atom stereocenters. The van der Waals surface area contributed by atoms with Gasteiger partial charge in [0.1, 0.15) is 11.5 Å². The van der Waals surface area contributed by atoms with E-state index in [0.29, 0.717) is 19.4 Å². The summed E-state index contributed by atoms with van der Waals surface area (Å²) >= 11 is 0. The van der Waals surface area contributed by atoms with Gasteiger partial charge in [-0.05, 0) is 25.0 Å². The lowest BCUT2D eigenvalue weighted by Gasteiger charge is -2.23. The Labute approximate surface area is 114 Å². The van der Waals surface area contributed by atoms with Gasteiger partial charge in [0.15, 0.2) is 0 Å². The molecule has 1 aromatic heterocycles. The number of halogens is 3. The van der Waals surface area contributed by atoms with Crippen molar-refractivity contribution in [3.05, 3.63) is 23.9 Å². The van der Waals surface area contributed by atoms with Gasteiger partial charge in [0.2, 0.25) is 0 Å². The fourth-order valence-corrected chi connectivity index (χ4v) is 2.44. The Kier molecular flexibility index (Phi) is 3.62. The zero-order valence-corrected chi connectivity index (χ0v) is 10.9. The minimum Gasteiger partial charge on any atom is -0.481 e. The molecule has 1 aliphatic rings. The lowest BCUT2D eigenvalue weighted by Crippen LogP contribution is -2.34. The molecule has 1 N–H and O–H groups in total. The summed E-state index contributed by atoms with van der Waals surface area (Å²) in [5.74, 6) is -0.731. The molecular formula is C13H15F3N2O2. The number of hydrogen-bond acceptors (Lipinski definition) is 3. The first-order valence-corrected chi connectivity index (χ1v) is 6.31. The van der Waals surface area contributed by atoms with Crippen LogP contribution in [-0.4, -0.2) is 29.1 Å². The summed E-state index contributed by atoms with van der Waals surface area (Å²) < 4.78 is 37.9. The number of alkyl halides is 3. The molecule has 1 unspecified atom stereocenters. The van der Waals surface area contributed by atoms with Crippen LogP contribution in [0, 0.1) is 5.41 Å². The molecule has 0 amide bonds. The zero-order valence-electron chi connectivity index (χ0n) is 10.9. The lowest BCUT2D eigenvalue weighted by atomic mass is 9.84. The predicted molar refractivity (Wildman–Crippen MR) is 66.4 cm³/mol. The summed E-state index contributed by atoms with van der Waals surface area (Å²) in [6.45, 7) is 2.36. The number of carboxylic acid groups (broad SMARTS) is 1. The Bertz CT molecular complexity index is 519. The van der Waals surface area contributed by atoms with Crippen LogP contribution in [-0.2, 0) is 11.0 Å². The summed E-state index contributed by atoms with van der Waals surface area (Å²) in [6.07, 6.45) is -3.64. The first-order valence-electron chi connectivity index (χ1n) is 6.31. The molecule has 2 rings (SSSR count). The van der Waals surface area contributed by atoms with Crippen LogP contribution in [0.3, 0.4) is 0 Å². The topological polar surface area (TPSA) is 53.4 Å². The Hall–Kier alpha value is -1.79. The summed E-state index contributed by atoms with van der Waals surface area (Å²) in [6, 6.07) is 3.67. The molecular weight excluding hydrogens is 273 g/mol. The van der Waals surface area contributed by atoms with Crippen LogP contribution in [0.4, 0.5) is 19.0 Å². The Morgan fingerprint density at radius 3 is 2.70 bits per heavy atom. The van der Waals surface area contributed by atoms with Crippen LogP contribution in [0.2, 0.25) is 0 Å². The third-order valence-corrected chi connectivity index (χ3v) is 3.83. The van der Waals surface area contributed by atoms with Gasteiger partial charge in [-0.15, -0.1) is 0 Å². The number of pyridine rings is 1. The monoisotopic (exact) mass is 288 g/mol. The van der Waals surface area contributed by atoms with Crippen molar-refractivity contribution in [1.29, 1.82) is 0 Å². The summed E-state index contributed by atoms with van der Waals surface area (Å²) in [4.78, 5) is 16.5. The average molecular weight is 288 g/mol. The van der Waals surface area contributed by atoms with E-state index in [0.717, 1.165) is 6.07 Å². The van der Waals surface area contributed by atoms with Gasteiger partial charge in [0.25, 0.3) is 0 Å². The second-order valence-corrected chi connectivity index (χ2v) is 4.99. The van der Waals surface area contributed by atoms with Gasteiger partial charge in [-0.25, -0.2) is 4.98 Å². The van der Waals surface area contributed by atoms with Crippen molar-refractivity contribution in [2.24, 2.45) is 5.41 Å². The van der Waals surface area contributed by atoms with E-state index in [1.807, 2.05) is 0 Å². The molecule has 20 heavy (non-hydrogen) atoms. The molecule has 2 heterocycles. The highest BCUT2D eigenvalue weighted by atomic mass is 19.4. The minimum absolute atomic E-state index is 0.177. The van der Waals surface area contributed by atoms with Crippen molar-refractivity contribution >= 4 is 11.8 Å². The van der Waals surface area contributed by atoms with Gasteiger partial charge in [0, 0.05) is 13.1 Å². The van der Waals surface area contributed by atoms with Gasteiger partial charge in [0.05, 0.1) is 5.41 Å². The van der Waals surface area contributed by atoms with Crippen LogP contribution >= 0.6 is 0 Å². The van der Waals surface area contributed by atoms with E-state index in [2.05, 4.69) is 4.98 Å². The average Bonchev–Trinajstić information content (AvgIpc) is 2.84. The maximum atomic E-state index is 12.6. The SMILES string of the molecule is CCC1(C(=O)O)CCN(c2cccc(C(F)(F)F)n2)C1. The van der Waals surface area contributed by atoms with Gasteiger partial charge in [-0.1, -0.05) is 13.0 Å². The van der Waals surface area contributed by atoms with Gasteiger partial charge >= 0.3 is 12.1 Å². The Balaban J connectivity index is 2.25. The number of hydrogen-bond donors (Lipinski definition) is 1. The summed E-state index contributed by atoms with van der Waals surface area (Å²) in [5, 5.41) is 9.29. The lowest BCUT2D eigenvalue weighted by molar-refractivity contribution is -0.148. The van der Waals surface area contributed by atoms with E-state index in [1.54, 1.807) is 11.8 Å². The van der Waals surface area contributed by atoms with Crippen molar-refractivity contribution in [3.63, 3.8) is 0 Å². The van der Waals surface area contributed by atoms with E-state index in [9.17, 15) is 23.1 Å². The molecule has 1 aliphatic heterocycles. The number of anilines is 1. The molecule has 0 aliphatic carbocycles. The Morgan fingerprint density at radius 1 is 1.50 bits per heavy atom. The van der Waals surface area contributed by atoms with Gasteiger partial charge in [-0.3, -0.25) is 4.79 Å². The highest BCUT2D eigenvalue weighted by Gasteiger charge is 2.44. The van der Waals surface area contributed by atoms with E-state index >= 15 is 0 Å². The molecule has 1 saturated heterocycles. The number of aromatic nitrogens is 1. The van der Waals surface area contributed by atoms with Crippen LogP contribution < -0.4 is 4.90 Å². The molecule has 7 heteroatoms. The molecule has 1 aromatic rings. The van der Waals surface area contributed by atoms with Crippen molar-refractivity contribution in [3.8, 4) is 0 Å². The number of carboxylic acids is 1. The molecule has 0 radical (unpaired) electrons. The van der Waals surface area contributed by atoms with Crippen LogP contribution in [0.5, 0.6) is 0 Å². The third-order valence-electron chi connectivity index (χ3n) is 3.83. The first-order chi connectivity index (χ1) is 9.28. The minimum atomic E-state index is -4.50. The maximum absolute atomic E-state index is 12.6. The van der Waals surface area contributed by atoms with Crippen LogP contribution in [0.15, 0.2) is 18.2 Å². The largest absolute Gasteiger partial charge is 0.481 e. The third kappa shape index (κ3) is 2.57. The van der Waals surface area contributed by atoms with E-state index in [-0.39, 0.29) is 12.4 Å². The molecule has 110 valence electrons. The number of rotatable bonds is 3. The number of aliphatic carboxylic acids is 1. The fraction of sp³-hybridized carbons (Fsp3) is 0.538. The molecule has 0 saturated carbocycles. The van der Waals surface area contributed by atoms with E-state index < -0.39 is 23.3 Å². The summed E-state index contributed by atoms with van der Waals surface area (Å²) in [5.41, 5.74) is -1.85. The van der Waals surface area contributed by atoms with Crippen LogP contribution in [0.25, 0.3) is 0 Å². The molecule has 1 fully saturated rings. The van der Waals surface area contributed by atoms with Crippen molar-refractivity contribution in [2.75, 3.05) is 18.0 Å². The van der Waals surface area contributed by atoms with Crippen molar-refractivity contribution in [2.45, 2.75) is 25.9 Å². The maximum Gasteiger partial charge on any atom is 0.433 e. The molecule has 0 aromatic carbocycles. The first kappa shape index (κ1) is 14.6. The standard InChI is InChI=1S/C13H15F3N2O2/c1-2-12(11(19)20)6-7-18(8-12)10-5-3-4-9(17-10)13(14,15)16/h3-5H,2,6-8H2,1H3,(H,19,20). The van der Waals surface area contributed by atoms with E-state index in [1.165, 1.54) is 12.1 Å². The normalized spacial score (nSPS) is 23.1. The van der Waals surface area contributed by atoms with Gasteiger partial charge in [-0.2, -0.15) is 13.2 Å². The highest BCUT2D eigenvalue weighted by molar-refractivity contribution is 5.76. The van der Waals surface area contributed by atoms with Gasteiger partial charge < -0.3 is 10.0 Å². The van der Waals surface area contributed by atoms with Crippen LogP contribution in [0.1, 0.15) is 25.5 Å².